The molecular formula is C26H30FN5OS. The lowest BCUT2D eigenvalue weighted by Crippen LogP contribution is -2.23. The molecule has 1 amide bonds. The zero-order valence-corrected chi connectivity index (χ0v) is 20.5. The average Bonchev–Trinajstić information content (AvgIpc) is 3.12. The maximum Gasteiger partial charge on any atom is 0.219 e. The Morgan fingerprint density at radius 2 is 1.97 bits per heavy atom. The Morgan fingerprint density at radius 1 is 1.12 bits per heavy atom. The first-order chi connectivity index (χ1) is 16.6. The topological polar surface area (TPSA) is 72.7 Å². The lowest BCUT2D eigenvalue weighted by Gasteiger charge is -2.08. The largest absolute Gasteiger partial charge is 0.356 e. The van der Waals surface area contributed by atoms with Crippen LogP contribution in [0.3, 0.4) is 0 Å². The molecule has 2 aromatic heterocycles. The molecule has 178 valence electrons. The van der Waals surface area contributed by atoms with Crippen molar-refractivity contribution in [1.82, 2.24) is 25.1 Å². The molecule has 8 heteroatoms. The van der Waals surface area contributed by atoms with Crippen LogP contribution < -0.4 is 5.32 Å². The number of thioether (sulfide) groups is 1. The van der Waals surface area contributed by atoms with E-state index in [4.69, 9.17) is 4.98 Å². The Morgan fingerprint density at radius 3 is 2.79 bits per heavy atom. The molecule has 0 radical (unpaired) electrons. The number of carbonyl (C=O) groups is 1. The predicted octanol–water partition coefficient (Wildman–Crippen LogP) is 5.65. The molecule has 6 nitrogen and oxygen atoms in total. The molecule has 4 aromatic rings. The third-order valence-electron chi connectivity index (χ3n) is 5.77. The fraction of sp³-hybridized carbons (Fsp3) is 0.385. The van der Waals surface area contributed by atoms with Crippen molar-refractivity contribution >= 4 is 39.7 Å². The second-order valence-electron chi connectivity index (χ2n) is 8.47. The first-order valence-electron chi connectivity index (χ1n) is 11.8. The highest BCUT2D eigenvalue weighted by Gasteiger charge is 2.16. The van der Waals surface area contributed by atoms with E-state index in [1.165, 1.54) is 17.8 Å². The van der Waals surface area contributed by atoms with Crippen molar-refractivity contribution < 1.29 is 9.18 Å². The first-order valence-corrected chi connectivity index (χ1v) is 12.8. The second kappa shape index (κ2) is 11.4. The van der Waals surface area contributed by atoms with E-state index in [0.29, 0.717) is 29.3 Å². The molecule has 1 N–H and O–H groups in total. The first kappa shape index (κ1) is 24.1. The SMILES string of the molecule is CCCCNC(=O)CCCCSc1nnc2c3cc(C)ccc3n(Cc3ccccc3F)c2n1. The number of carbonyl (C=O) groups excluding carboxylic acids is 1. The van der Waals surface area contributed by atoms with Gasteiger partial charge >= 0.3 is 0 Å². The quantitative estimate of drug-likeness (QED) is 0.222. The summed E-state index contributed by atoms with van der Waals surface area (Å²) in [7, 11) is 0. The Labute approximate surface area is 203 Å². The van der Waals surface area contributed by atoms with Crippen molar-refractivity contribution in [3.63, 3.8) is 0 Å². The molecule has 0 unspecified atom stereocenters. The van der Waals surface area contributed by atoms with E-state index in [1.54, 1.807) is 12.1 Å². The van der Waals surface area contributed by atoms with E-state index in [2.05, 4.69) is 28.5 Å². The van der Waals surface area contributed by atoms with Gasteiger partial charge in [0.1, 0.15) is 11.3 Å². The van der Waals surface area contributed by atoms with Crippen LogP contribution in [0.4, 0.5) is 4.39 Å². The van der Waals surface area contributed by atoms with Crippen molar-refractivity contribution in [2.24, 2.45) is 0 Å². The summed E-state index contributed by atoms with van der Waals surface area (Å²) in [5.41, 5.74) is 4.12. The van der Waals surface area contributed by atoms with E-state index in [-0.39, 0.29) is 11.7 Å². The van der Waals surface area contributed by atoms with Crippen LogP contribution in [0.5, 0.6) is 0 Å². The average molecular weight is 480 g/mol. The molecule has 0 atom stereocenters. The number of hydrogen-bond donors (Lipinski definition) is 1. The molecule has 0 aliphatic carbocycles. The summed E-state index contributed by atoms with van der Waals surface area (Å²) in [4.78, 5) is 16.6. The standard InChI is InChI=1S/C26H30FN5OS/c1-3-4-14-28-23(33)11-7-8-15-34-26-29-25-24(30-31-26)20-16-18(2)12-13-22(20)32(25)17-19-9-5-6-10-21(19)27/h5-6,9-10,12-13,16H,3-4,7-8,11,14-15,17H2,1-2H3,(H,28,33). The van der Waals surface area contributed by atoms with Crippen LogP contribution in [0.1, 0.15) is 50.2 Å². The minimum absolute atomic E-state index is 0.116. The molecule has 0 saturated carbocycles. The van der Waals surface area contributed by atoms with Crippen LogP contribution in [-0.2, 0) is 11.3 Å². The Kier molecular flexibility index (Phi) is 8.11. The number of nitrogens with one attached hydrogen (secondary N) is 1. The van der Waals surface area contributed by atoms with E-state index < -0.39 is 0 Å². The molecular weight excluding hydrogens is 449 g/mol. The summed E-state index contributed by atoms with van der Waals surface area (Å²) in [6.07, 6.45) is 4.35. The summed E-state index contributed by atoms with van der Waals surface area (Å²) in [5, 5.41) is 13.3. The summed E-state index contributed by atoms with van der Waals surface area (Å²) in [6.45, 7) is 5.27. The Hall–Kier alpha value is -3.00. The van der Waals surface area contributed by atoms with Crippen LogP contribution in [0.2, 0.25) is 0 Å². The van der Waals surface area contributed by atoms with Gasteiger partial charge in [0.2, 0.25) is 11.1 Å². The minimum Gasteiger partial charge on any atom is -0.356 e. The van der Waals surface area contributed by atoms with Gasteiger partial charge in [0.15, 0.2) is 5.65 Å². The molecule has 0 spiro atoms. The molecule has 34 heavy (non-hydrogen) atoms. The molecule has 0 fully saturated rings. The smallest absolute Gasteiger partial charge is 0.219 e. The van der Waals surface area contributed by atoms with Crippen molar-refractivity contribution in [1.29, 1.82) is 0 Å². The maximum atomic E-state index is 14.4. The maximum absolute atomic E-state index is 14.4. The molecule has 0 aliphatic heterocycles. The zero-order valence-electron chi connectivity index (χ0n) is 19.7. The number of rotatable bonds is 11. The third-order valence-corrected chi connectivity index (χ3v) is 6.69. The van der Waals surface area contributed by atoms with Crippen LogP contribution >= 0.6 is 11.8 Å². The molecule has 2 heterocycles. The second-order valence-corrected chi connectivity index (χ2v) is 9.54. The highest BCUT2D eigenvalue weighted by molar-refractivity contribution is 7.99. The molecule has 0 bridgehead atoms. The normalized spacial score (nSPS) is 11.4. The molecule has 4 rings (SSSR count). The molecule has 0 aliphatic rings. The number of halogens is 1. The Balaban J connectivity index is 1.49. The number of benzene rings is 2. The van der Waals surface area contributed by atoms with Crippen LogP contribution in [0, 0.1) is 12.7 Å². The zero-order chi connectivity index (χ0) is 23.9. The number of hydrogen-bond acceptors (Lipinski definition) is 5. The van der Waals surface area contributed by atoms with Gasteiger partial charge in [0.05, 0.1) is 12.1 Å². The number of fused-ring (bicyclic) bond motifs is 3. The summed E-state index contributed by atoms with van der Waals surface area (Å²) in [6, 6.07) is 13.0. The van der Waals surface area contributed by atoms with Crippen LogP contribution in [0.15, 0.2) is 47.6 Å². The monoisotopic (exact) mass is 479 g/mol. The minimum atomic E-state index is -0.236. The lowest BCUT2D eigenvalue weighted by atomic mass is 10.1. The van der Waals surface area contributed by atoms with Crippen molar-refractivity contribution in [3.05, 3.63) is 59.4 Å². The van der Waals surface area contributed by atoms with Gasteiger partial charge in [-0.25, -0.2) is 9.37 Å². The summed E-state index contributed by atoms with van der Waals surface area (Å²) >= 11 is 1.54. The van der Waals surface area contributed by atoms with E-state index in [0.717, 1.165) is 60.0 Å². The van der Waals surface area contributed by atoms with E-state index in [1.807, 2.05) is 29.7 Å². The molecule has 0 saturated heterocycles. The number of aromatic nitrogens is 4. The summed E-state index contributed by atoms with van der Waals surface area (Å²) < 4.78 is 16.4. The third kappa shape index (κ3) is 5.73. The van der Waals surface area contributed by atoms with Gasteiger partial charge < -0.3 is 9.88 Å². The van der Waals surface area contributed by atoms with Gasteiger partial charge in [0.25, 0.3) is 0 Å². The van der Waals surface area contributed by atoms with Gasteiger partial charge in [-0.3, -0.25) is 4.79 Å². The van der Waals surface area contributed by atoms with Gasteiger partial charge in [-0.1, -0.05) is 54.9 Å². The highest BCUT2D eigenvalue weighted by Crippen LogP contribution is 2.29. The number of unbranched alkanes of at least 4 members (excludes halogenated alkanes) is 2. The fourth-order valence-electron chi connectivity index (χ4n) is 3.92. The fourth-order valence-corrected chi connectivity index (χ4v) is 4.70. The summed E-state index contributed by atoms with van der Waals surface area (Å²) in [5.74, 6) is 0.688. The lowest BCUT2D eigenvalue weighted by molar-refractivity contribution is -0.121. The number of nitrogens with zero attached hydrogens (tertiary/aromatic N) is 4. The highest BCUT2D eigenvalue weighted by atomic mass is 32.2. The number of amides is 1. The number of aryl methyl sites for hydroxylation is 1. The van der Waals surface area contributed by atoms with Gasteiger partial charge in [-0.15, -0.1) is 10.2 Å². The van der Waals surface area contributed by atoms with Crippen LogP contribution in [-0.4, -0.2) is 38.0 Å². The van der Waals surface area contributed by atoms with Crippen molar-refractivity contribution in [2.75, 3.05) is 12.3 Å². The van der Waals surface area contributed by atoms with E-state index in [9.17, 15) is 9.18 Å². The van der Waals surface area contributed by atoms with Gasteiger partial charge in [-0.2, -0.15) is 0 Å². The predicted molar refractivity (Wildman–Crippen MR) is 136 cm³/mol. The molecule has 2 aromatic carbocycles. The van der Waals surface area contributed by atoms with Crippen molar-refractivity contribution in [3.8, 4) is 0 Å². The van der Waals surface area contributed by atoms with Gasteiger partial charge in [0, 0.05) is 29.7 Å². The van der Waals surface area contributed by atoms with E-state index >= 15 is 0 Å². The Bertz CT molecular complexity index is 1290. The van der Waals surface area contributed by atoms with Crippen molar-refractivity contribution in [2.45, 2.75) is 57.7 Å². The van der Waals surface area contributed by atoms with Gasteiger partial charge in [-0.05, 0) is 44.4 Å². The van der Waals surface area contributed by atoms with Crippen LogP contribution in [0.25, 0.3) is 22.1 Å².